The number of ether oxygens (including phenoxy) is 2. The molecule has 6 nitrogen and oxygen atoms in total. The molecule has 1 atom stereocenters. The molecule has 40 heavy (non-hydrogen) atoms. The van der Waals surface area contributed by atoms with Gasteiger partial charge in [-0.2, -0.15) is 8.78 Å². The molecule has 0 spiro atoms. The van der Waals surface area contributed by atoms with Crippen molar-refractivity contribution in [1.82, 2.24) is 9.88 Å². The first kappa shape index (κ1) is 29.9. The van der Waals surface area contributed by atoms with Gasteiger partial charge in [0.25, 0.3) is 0 Å². The van der Waals surface area contributed by atoms with Gasteiger partial charge >= 0.3 is 5.92 Å². The van der Waals surface area contributed by atoms with Crippen LogP contribution in [0.15, 0.2) is 36.4 Å². The highest BCUT2D eigenvalue weighted by Gasteiger charge is 2.49. The van der Waals surface area contributed by atoms with E-state index >= 15 is 4.39 Å². The van der Waals surface area contributed by atoms with Gasteiger partial charge in [-0.25, -0.2) is 4.39 Å². The Balaban J connectivity index is 1.60. The number of alkyl halides is 2. The molecular formula is C31H40F3N3O3. The van der Waals surface area contributed by atoms with E-state index in [9.17, 15) is 13.9 Å². The third-order valence-corrected chi connectivity index (χ3v) is 7.72. The predicted molar refractivity (Wildman–Crippen MR) is 152 cm³/mol. The molecule has 9 heteroatoms. The Morgan fingerprint density at radius 1 is 1.18 bits per heavy atom. The van der Waals surface area contributed by atoms with Crippen molar-refractivity contribution in [2.45, 2.75) is 64.5 Å². The number of hydrogen-bond acceptors (Lipinski definition) is 6. The van der Waals surface area contributed by atoms with Gasteiger partial charge in [0.05, 0.1) is 24.2 Å². The number of pyridine rings is 1. The number of nitrogens with zero attached hydrogens (tertiary/aromatic N) is 2. The molecular weight excluding hydrogens is 519 g/mol. The monoisotopic (exact) mass is 559 g/mol. The Morgan fingerprint density at radius 2 is 1.90 bits per heavy atom. The minimum atomic E-state index is -3.78. The van der Waals surface area contributed by atoms with Crippen molar-refractivity contribution in [2.75, 3.05) is 39.2 Å². The summed E-state index contributed by atoms with van der Waals surface area (Å²) in [5, 5.41) is 14.0. The van der Waals surface area contributed by atoms with Gasteiger partial charge in [-0.15, -0.1) is 0 Å². The number of benzene rings is 2. The van der Waals surface area contributed by atoms with E-state index in [1.165, 1.54) is 31.4 Å². The number of halogens is 3. The van der Waals surface area contributed by atoms with Crippen molar-refractivity contribution in [3.8, 4) is 11.5 Å². The van der Waals surface area contributed by atoms with Gasteiger partial charge in [0.2, 0.25) is 0 Å². The lowest BCUT2D eigenvalue weighted by Crippen LogP contribution is -2.41. The van der Waals surface area contributed by atoms with E-state index in [0.29, 0.717) is 29.3 Å². The first-order valence-electron chi connectivity index (χ1n) is 13.8. The molecule has 1 aromatic heterocycles. The highest BCUT2D eigenvalue weighted by molar-refractivity contribution is 5.94. The molecule has 0 radical (unpaired) electrons. The lowest BCUT2D eigenvalue weighted by atomic mass is 9.85. The summed E-state index contributed by atoms with van der Waals surface area (Å²) in [4.78, 5) is 6.91. The van der Waals surface area contributed by atoms with Crippen LogP contribution < -0.4 is 14.8 Å². The second-order valence-corrected chi connectivity index (χ2v) is 11.4. The van der Waals surface area contributed by atoms with Crippen LogP contribution in [0.1, 0.15) is 62.9 Å². The van der Waals surface area contributed by atoms with Crippen LogP contribution in [0, 0.1) is 18.7 Å². The van der Waals surface area contributed by atoms with Crippen LogP contribution in [0.25, 0.3) is 10.9 Å². The van der Waals surface area contributed by atoms with Gasteiger partial charge in [0.15, 0.2) is 11.5 Å². The maximum absolute atomic E-state index is 15.4. The van der Waals surface area contributed by atoms with Crippen LogP contribution in [0.3, 0.4) is 0 Å². The maximum Gasteiger partial charge on any atom is 0.303 e. The summed E-state index contributed by atoms with van der Waals surface area (Å²) >= 11 is 0. The first-order valence-corrected chi connectivity index (χ1v) is 13.8. The molecule has 0 unspecified atom stereocenters. The normalized spacial score (nSPS) is 15.3. The fraction of sp³-hybridized carbons (Fsp3) is 0.516. The molecule has 1 fully saturated rings. The van der Waals surface area contributed by atoms with Crippen LogP contribution in [0.2, 0.25) is 0 Å². The van der Waals surface area contributed by atoms with Gasteiger partial charge in [0.1, 0.15) is 18.0 Å². The zero-order chi connectivity index (χ0) is 29.2. The number of rotatable bonds is 12. The van der Waals surface area contributed by atoms with E-state index in [2.05, 4.69) is 22.2 Å². The van der Waals surface area contributed by atoms with Crippen molar-refractivity contribution < 1.29 is 27.8 Å². The molecule has 0 amide bonds. The average Bonchev–Trinajstić information content (AvgIpc) is 2.85. The predicted octanol–water partition coefficient (Wildman–Crippen LogP) is 6.84. The van der Waals surface area contributed by atoms with Gasteiger partial charge in [-0.05, 0) is 71.7 Å². The van der Waals surface area contributed by atoms with E-state index < -0.39 is 28.9 Å². The Bertz CT molecular complexity index is 1340. The number of aryl methyl sites for hydroxylation is 1. The van der Waals surface area contributed by atoms with E-state index in [0.717, 1.165) is 50.0 Å². The van der Waals surface area contributed by atoms with Crippen molar-refractivity contribution in [3.05, 3.63) is 59.0 Å². The molecule has 1 aliphatic carbocycles. The number of hydrogen-bond donors (Lipinski definition) is 2. The van der Waals surface area contributed by atoms with E-state index in [1.54, 1.807) is 20.1 Å². The molecule has 0 bridgehead atoms. The van der Waals surface area contributed by atoms with Crippen LogP contribution in [-0.4, -0.2) is 54.4 Å². The summed E-state index contributed by atoms with van der Waals surface area (Å²) < 4.78 is 56.9. The van der Waals surface area contributed by atoms with E-state index in [-0.39, 0.29) is 5.56 Å². The molecule has 218 valence electrons. The Morgan fingerprint density at radius 3 is 2.52 bits per heavy atom. The zero-order valence-corrected chi connectivity index (χ0v) is 24.2. The van der Waals surface area contributed by atoms with Crippen molar-refractivity contribution in [3.63, 3.8) is 0 Å². The fourth-order valence-electron chi connectivity index (χ4n) is 5.04. The van der Waals surface area contributed by atoms with Gasteiger partial charge < -0.3 is 24.8 Å². The number of nitrogens with one attached hydrogen (secondary N) is 1. The number of aliphatic hydroxyl groups is 1. The molecule has 1 saturated carbocycles. The third-order valence-electron chi connectivity index (χ3n) is 7.72. The summed E-state index contributed by atoms with van der Waals surface area (Å²) in [6.07, 6.45) is 3.90. The molecule has 2 N–H and O–H groups in total. The third kappa shape index (κ3) is 6.31. The SMILES string of the molecule is COc1cc2nc(C)cc(N[C@H](C)c3cccc(C(F)(F)C(C)(C)O)c3F)c2cc1OCCN(C)CC1CCC1. The molecule has 0 aliphatic heterocycles. The standard InChI is InChI=1S/C31H40F3N3O3/c1-19-15-25(36-20(2)22-11-8-12-24(29(22)32)31(33,34)30(3,4)38)23-16-28(27(39-6)17-26(23)35-19)40-14-13-37(5)18-21-9-7-10-21/h8,11-12,15-17,20-21,38H,7,9-10,13-14,18H2,1-6H3,(H,35,36)/t20-/m1/s1. The number of fused-ring (bicyclic) bond motifs is 1. The largest absolute Gasteiger partial charge is 0.493 e. The minimum Gasteiger partial charge on any atom is -0.493 e. The van der Waals surface area contributed by atoms with Crippen molar-refractivity contribution in [2.24, 2.45) is 5.92 Å². The maximum atomic E-state index is 15.4. The smallest absolute Gasteiger partial charge is 0.303 e. The molecule has 0 saturated heterocycles. The van der Waals surface area contributed by atoms with Crippen LogP contribution in [0.5, 0.6) is 11.5 Å². The van der Waals surface area contributed by atoms with E-state index in [4.69, 9.17) is 9.47 Å². The van der Waals surface area contributed by atoms with Gasteiger partial charge in [-0.3, -0.25) is 4.98 Å². The highest BCUT2D eigenvalue weighted by Crippen LogP contribution is 2.42. The summed E-state index contributed by atoms with van der Waals surface area (Å²) in [7, 11) is 3.67. The molecule has 1 aliphatic rings. The first-order chi connectivity index (χ1) is 18.8. The van der Waals surface area contributed by atoms with E-state index in [1.807, 2.05) is 19.1 Å². The number of methoxy groups -OCH3 is 1. The summed E-state index contributed by atoms with van der Waals surface area (Å²) in [5.41, 5.74) is -1.18. The average molecular weight is 560 g/mol. The Kier molecular flexibility index (Phi) is 8.85. The fourth-order valence-corrected chi connectivity index (χ4v) is 5.04. The zero-order valence-electron chi connectivity index (χ0n) is 24.2. The topological polar surface area (TPSA) is 66.8 Å². The minimum absolute atomic E-state index is 0.0588. The Labute approximate surface area is 234 Å². The van der Waals surface area contributed by atoms with Crippen LogP contribution in [-0.2, 0) is 5.92 Å². The summed E-state index contributed by atoms with van der Waals surface area (Å²) in [6, 6.07) is 8.65. The van der Waals surface area contributed by atoms with Crippen LogP contribution >= 0.6 is 0 Å². The quantitative estimate of drug-likeness (QED) is 0.253. The van der Waals surface area contributed by atoms with Gasteiger partial charge in [-0.1, -0.05) is 18.6 Å². The summed E-state index contributed by atoms with van der Waals surface area (Å²) in [5.74, 6) is -2.94. The van der Waals surface area contributed by atoms with Crippen molar-refractivity contribution in [1.29, 1.82) is 0 Å². The molecule has 3 aromatic rings. The molecule has 4 rings (SSSR count). The second-order valence-electron chi connectivity index (χ2n) is 11.4. The van der Waals surface area contributed by atoms with Gasteiger partial charge in [0, 0.05) is 41.5 Å². The van der Waals surface area contributed by atoms with Crippen molar-refractivity contribution >= 4 is 16.6 Å². The summed E-state index contributed by atoms with van der Waals surface area (Å²) in [6.45, 7) is 7.79. The Hall–Kier alpha value is -3.04. The lowest BCUT2D eigenvalue weighted by Gasteiger charge is -2.30. The second kappa shape index (κ2) is 11.8. The van der Waals surface area contributed by atoms with Crippen LogP contribution in [0.4, 0.5) is 18.9 Å². The molecule has 2 aromatic carbocycles. The number of anilines is 1. The molecule has 1 heterocycles. The highest BCUT2D eigenvalue weighted by atomic mass is 19.3. The lowest BCUT2D eigenvalue weighted by molar-refractivity contribution is -0.170. The number of likely N-dealkylation sites (N-methyl/N-ethyl adjacent to an activating group) is 1. The number of aromatic nitrogens is 1.